The summed E-state index contributed by atoms with van der Waals surface area (Å²) in [6.45, 7) is 5.97. The Balaban J connectivity index is 3.17. The van der Waals surface area contributed by atoms with E-state index in [0.29, 0.717) is 5.92 Å². The van der Waals surface area contributed by atoms with Crippen molar-refractivity contribution in [2.75, 3.05) is 7.11 Å². The molecule has 3 nitrogen and oxygen atoms in total. The Labute approximate surface area is 98.7 Å². The minimum Gasteiger partial charge on any atom is -0.467 e. The summed E-state index contributed by atoms with van der Waals surface area (Å²) in [5.74, 6) is 0.0939. The lowest BCUT2D eigenvalue weighted by molar-refractivity contribution is -0.144. The van der Waals surface area contributed by atoms with Gasteiger partial charge in [-0.05, 0) is 25.1 Å². The average molecular weight is 245 g/mol. The highest BCUT2D eigenvalue weighted by Gasteiger charge is 2.20. The maximum atomic E-state index is 11.5. The van der Waals surface area contributed by atoms with Gasteiger partial charge in [0.15, 0.2) is 3.95 Å². The highest BCUT2D eigenvalue weighted by molar-refractivity contribution is 7.73. The van der Waals surface area contributed by atoms with E-state index in [1.54, 1.807) is 6.92 Å². The number of rotatable bonds is 3. The number of nitrogens with zero attached hydrogens (tertiary/aromatic N) is 1. The zero-order valence-corrected chi connectivity index (χ0v) is 10.9. The highest BCUT2D eigenvalue weighted by atomic mass is 32.1. The number of carbonyl (C=O) groups is 1. The van der Waals surface area contributed by atoms with Gasteiger partial charge in [0.2, 0.25) is 0 Å². The molecule has 0 fully saturated rings. The number of aromatic nitrogens is 1. The number of thiazole rings is 1. The van der Waals surface area contributed by atoms with Gasteiger partial charge < -0.3 is 9.30 Å². The fourth-order valence-corrected chi connectivity index (χ4v) is 2.79. The van der Waals surface area contributed by atoms with Crippen LogP contribution in [-0.2, 0) is 9.53 Å². The van der Waals surface area contributed by atoms with Gasteiger partial charge >= 0.3 is 5.97 Å². The summed E-state index contributed by atoms with van der Waals surface area (Å²) in [5.41, 5.74) is 1.09. The van der Waals surface area contributed by atoms with Crippen LogP contribution in [0.15, 0.2) is 5.38 Å². The molecule has 0 aliphatic heterocycles. The molecule has 1 heterocycles. The van der Waals surface area contributed by atoms with Crippen molar-refractivity contribution in [2.45, 2.75) is 32.7 Å². The van der Waals surface area contributed by atoms with Crippen LogP contribution in [0, 0.1) is 3.95 Å². The van der Waals surface area contributed by atoms with Gasteiger partial charge in [-0.3, -0.25) is 0 Å². The van der Waals surface area contributed by atoms with Crippen molar-refractivity contribution in [3.05, 3.63) is 15.0 Å². The van der Waals surface area contributed by atoms with Crippen molar-refractivity contribution >= 4 is 29.5 Å². The second kappa shape index (κ2) is 4.90. The summed E-state index contributed by atoms with van der Waals surface area (Å²) in [6.07, 6.45) is 0. The number of esters is 1. The Morgan fingerprint density at radius 1 is 1.53 bits per heavy atom. The van der Waals surface area contributed by atoms with Crippen molar-refractivity contribution in [3.8, 4) is 0 Å². The lowest BCUT2D eigenvalue weighted by Gasteiger charge is -2.16. The van der Waals surface area contributed by atoms with E-state index in [9.17, 15) is 4.79 Å². The summed E-state index contributed by atoms with van der Waals surface area (Å²) in [6, 6.07) is -0.342. The van der Waals surface area contributed by atoms with E-state index < -0.39 is 0 Å². The van der Waals surface area contributed by atoms with Crippen LogP contribution in [-0.4, -0.2) is 17.6 Å². The predicted octanol–water partition coefficient (Wildman–Crippen LogP) is 3.14. The maximum Gasteiger partial charge on any atom is 0.328 e. The standard InChI is InChI=1S/C10H15NO2S2/c1-6(2)8-5-15-10(14)11(8)7(3)9(12)13-4/h5-7H,1-4H3/t7-/m0/s1. The molecule has 1 aromatic rings. The van der Waals surface area contributed by atoms with E-state index >= 15 is 0 Å². The summed E-state index contributed by atoms with van der Waals surface area (Å²) >= 11 is 6.69. The Bertz CT molecular complexity index is 406. The molecule has 1 aromatic heterocycles. The van der Waals surface area contributed by atoms with Crippen LogP contribution < -0.4 is 0 Å². The molecule has 0 aliphatic rings. The maximum absolute atomic E-state index is 11.5. The molecule has 0 aliphatic carbocycles. The van der Waals surface area contributed by atoms with Crippen LogP contribution in [0.1, 0.15) is 38.4 Å². The summed E-state index contributed by atoms with van der Waals surface area (Å²) in [5, 5.41) is 2.01. The van der Waals surface area contributed by atoms with Crippen LogP contribution in [0.25, 0.3) is 0 Å². The monoisotopic (exact) mass is 245 g/mol. The van der Waals surface area contributed by atoms with E-state index in [2.05, 4.69) is 13.8 Å². The van der Waals surface area contributed by atoms with Crippen LogP contribution in [0.4, 0.5) is 0 Å². The molecule has 1 rings (SSSR count). The number of carbonyl (C=O) groups excluding carboxylic acids is 1. The predicted molar refractivity (Wildman–Crippen MR) is 64.0 cm³/mol. The third kappa shape index (κ3) is 2.46. The van der Waals surface area contributed by atoms with E-state index in [-0.39, 0.29) is 12.0 Å². The summed E-state index contributed by atoms with van der Waals surface area (Å²) < 4.78 is 7.31. The molecule has 15 heavy (non-hydrogen) atoms. The Morgan fingerprint density at radius 3 is 2.60 bits per heavy atom. The van der Waals surface area contributed by atoms with Gasteiger partial charge in [-0.2, -0.15) is 0 Å². The quantitative estimate of drug-likeness (QED) is 0.605. The Kier molecular flexibility index (Phi) is 4.04. The molecule has 84 valence electrons. The first-order chi connectivity index (χ1) is 6.99. The van der Waals surface area contributed by atoms with Crippen molar-refractivity contribution in [2.24, 2.45) is 0 Å². The number of methoxy groups -OCH3 is 1. The minimum absolute atomic E-state index is 0.258. The van der Waals surface area contributed by atoms with E-state index in [1.807, 2.05) is 9.95 Å². The second-order valence-corrected chi connectivity index (χ2v) is 5.15. The molecule has 0 bridgehead atoms. The molecule has 5 heteroatoms. The fraction of sp³-hybridized carbons (Fsp3) is 0.600. The minimum atomic E-state index is -0.342. The van der Waals surface area contributed by atoms with E-state index in [1.165, 1.54) is 18.4 Å². The van der Waals surface area contributed by atoms with Crippen molar-refractivity contribution < 1.29 is 9.53 Å². The van der Waals surface area contributed by atoms with Crippen LogP contribution in [0.5, 0.6) is 0 Å². The van der Waals surface area contributed by atoms with Crippen LogP contribution in [0.2, 0.25) is 0 Å². The number of hydrogen-bond donors (Lipinski definition) is 0. The van der Waals surface area contributed by atoms with Gasteiger partial charge in [0, 0.05) is 11.1 Å². The largest absolute Gasteiger partial charge is 0.467 e. The molecule has 0 saturated carbocycles. The molecule has 1 atom stereocenters. The molecule has 0 aromatic carbocycles. The first-order valence-electron chi connectivity index (χ1n) is 4.76. The SMILES string of the molecule is COC(=O)[C@H](C)n1c(C(C)C)csc1=S. The van der Waals surface area contributed by atoms with Gasteiger partial charge in [-0.25, -0.2) is 4.79 Å². The smallest absolute Gasteiger partial charge is 0.328 e. The topological polar surface area (TPSA) is 31.2 Å². The van der Waals surface area contributed by atoms with Crippen LogP contribution >= 0.6 is 23.6 Å². The lowest BCUT2D eigenvalue weighted by atomic mass is 10.1. The van der Waals surface area contributed by atoms with E-state index in [0.717, 1.165) is 9.65 Å². The fourth-order valence-electron chi connectivity index (χ4n) is 1.40. The first-order valence-corrected chi connectivity index (χ1v) is 6.05. The van der Waals surface area contributed by atoms with Gasteiger partial charge in [0.05, 0.1) is 7.11 Å². The molecule has 0 N–H and O–H groups in total. The zero-order chi connectivity index (χ0) is 11.6. The number of hydrogen-bond acceptors (Lipinski definition) is 4. The average Bonchev–Trinajstić information content (AvgIpc) is 2.58. The Hall–Kier alpha value is -0.680. The molecular weight excluding hydrogens is 230 g/mol. The molecule has 0 unspecified atom stereocenters. The molecule has 0 spiro atoms. The van der Waals surface area contributed by atoms with Gasteiger partial charge in [0.25, 0.3) is 0 Å². The third-order valence-electron chi connectivity index (χ3n) is 2.28. The van der Waals surface area contributed by atoms with Gasteiger partial charge in [-0.15, -0.1) is 11.3 Å². The van der Waals surface area contributed by atoms with Crippen molar-refractivity contribution in [1.29, 1.82) is 0 Å². The normalized spacial score (nSPS) is 12.9. The van der Waals surface area contributed by atoms with Crippen molar-refractivity contribution in [1.82, 2.24) is 4.57 Å². The third-order valence-corrected chi connectivity index (χ3v) is 3.52. The highest BCUT2D eigenvalue weighted by Crippen LogP contribution is 2.24. The molecule has 0 radical (unpaired) electrons. The molecule has 0 saturated heterocycles. The first kappa shape index (κ1) is 12.4. The number of ether oxygens (including phenoxy) is 1. The summed E-state index contributed by atoms with van der Waals surface area (Å²) in [7, 11) is 1.39. The summed E-state index contributed by atoms with van der Waals surface area (Å²) in [4.78, 5) is 11.5. The lowest BCUT2D eigenvalue weighted by Crippen LogP contribution is -2.20. The molecule has 0 amide bonds. The Morgan fingerprint density at radius 2 is 2.13 bits per heavy atom. The van der Waals surface area contributed by atoms with E-state index in [4.69, 9.17) is 17.0 Å². The van der Waals surface area contributed by atoms with Gasteiger partial charge in [-0.1, -0.05) is 13.8 Å². The van der Waals surface area contributed by atoms with Gasteiger partial charge in [0.1, 0.15) is 6.04 Å². The second-order valence-electron chi connectivity index (χ2n) is 3.65. The molecular formula is C10H15NO2S2. The van der Waals surface area contributed by atoms with Crippen molar-refractivity contribution in [3.63, 3.8) is 0 Å². The zero-order valence-electron chi connectivity index (χ0n) is 9.31. The van der Waals surface area contributed by atoms with Crippen LogP contribution in [0.3, 0.4) is 0 Å².